The molecule has 0 unspecified atom stereocenters. The summed E-state index contributed by atoms with van der Waals surface area (Å²) in [5, 5.41) is 23.8. The van der Waals surface area contributed by atoms with Crippen LogP contribution in [0.15, 0.2) is 36.4 Å². The first-order valence-corrected chi connectivity index (χ1v) is 12.5. The molecule has 1 aromatic carbocycles. The van der Waals surface area contributed by atoms with E-state index in [1.165, 1.54) is 5.57 Å². The van der Waals surface area contributed by atoms with Gasteiger partial charge in [0.05, 0.1) is 6.10 Å². The molecular formula is C28H41NO3. The number of amides is 1. The Kier molecular flexibility index (Phi) is 6.57. The van der Waals surface area contributed by atoms with Gasteiger partial charge in [0, 0.05) is 18.7 Å². The largest absolute Gasteiger partial charge is 0.396 e. The first-order chi connectivity index (χ1) is 15.2. The summed E-state index contributed by atoms with van der Waals surface area (Å²) in [5.41, 5.74) is 3.31. The van der Waals surface area contributed by atoms with Gasteiger partial charge >= 0.3 is 0 Å². The summed E-state index contributed by atoms with van der Waals surface area (Å²) in [6.07, 6.45) is 6.58. The number of carbonyl (C=O) groups is 1. The van der Waals surface area contributed by atoms with Crippen LogP contribution in [0.3, 0.4) is 0 Å². The van der Waals surface area contributed by atoms with E-state index in [0.29, 0.717) is 30.7 Å². The molecule has 176 valence electrons. The van der Waals surface area contributed by atoms with Gasteiger partial charge < -0.3 is 15.5 Å². The Morgan fingerprint density at radius 3 is 2.69 bits per heavy atom. The van der Waals surface area contributed by atoms with Gasteiger partial charge in [0.1, 0.15) is 0 Å². The predicted molar refractivity (Wildman–Crippen MR) is 128 cm³/mol. The highest BCUT2D eigenvalue weighted by atomic mass is 16.3. The number of rotatable bonds is 5. The van der Waals surface area contributed by atoms with Crippen molar-refractivity contribution in [3.8, 4) is 0 Å². The van der Waals surface area contributed by atoms with Crippen molar-refractivity contribution in [3.05, 3.63) is 47.5 Å². The van der Waals surface area contributed by atoms with E-state index >= 15 is 0 Å². The minimum absolute atomic E-state index is 0.000484. The second-order valence-corrected chi connectivity index (χ2v) is 11.4. The van der Waals surface area contributed by atoms with Crippen LogP contribution in [-0.4, -0.2) is 35.4 Å². The lowest BCUT2D eigenvalue weighted by molar-refractivity contribution is -0.0928. The Morgan fingerprint density at radius 1 is 1.19 bits per heavy atom. The van der Waals surface area contributed by atoms with E-state index in [-0.39, 0.29) is 35.4 Å². The zero-order chi connectivity index (χ0) is 23.1. The Bertz CT molecular complexity index is 866. The van der Waals surface area contributed by atoms with Gasteiger partial charge in [0.2, 0.25) is 0 Å². The highest BCUT2D eigenvalue weighted by molar-refractivity contribution is 5.94. The van der Waals surface area contributed by atoms with E-state index in [0.717, 1.165) is 49.7 Å². The third-order valence-corrected chi connectivity index (χ3v) is 9.74. The van der Waals surface area contributed by atoms with Crippen LogP contribution in [0, 0.1) is 41.4 Å². The third-order valence-electron chi connectivity index (χ3n) is 9.74. The highest BCUT2D eigenvalue weighted by Crippen LogP contribution is 2.63. The Balaban J connectivity index is 1.60. The lowest BCUT2D eigenvalue weighted by atomic mass is 9.49. The molecule has 0 radical (unpaired) electrons. The van der Waals surface area contributed by atoms with Crippen molar-refractivity contribution >= 4 is 5.91 Å². The molecule has 0 spiro atoms. The summed E-state index contributed by atoms with van der Waals surface area (Å²) in [6, 6.07) is 7.78. The lowest BCUT2D eigenvalue weighted by Crippen LogP contribution is -2.53. The van der Waals surface area contributed by atoms with Gasteiger partial charge in [-0.15, -0.1) is 0 Å². The quantitative estimate of drug-likeness (QED) is 0.573. The molecule has 3 aliphatic carbocycles. The Hall–Kier alpha value is -1.65. The molecule has 0 bridgehead atoms. The van der Waals surface area contributed by atoms with E-state index < -0.39 is 0 Å². The summed E-state index contributed by atoms with van der Waals surface area (Å²) < 4.78 is 0. The van der Waals surface area contributed by atoms with Gasteiger partial charge in [-0.1, -0.05) is 43.7 Å². The summed E-state index contributed by atoms with van der Waals surface area (Å²) >= 11 is 0. The van der Waals surface area contributed by atoms with Crippen LogP contribution in [0.4, 0.5) is 0 Å². The maximum atomic E-state index is 13.0. The first-order valence-electron chi connectivity index (χ1n) is 12.5. The monoisotopic (exact) mass is 439 g/mol. The SMILES string of the molecule is C=C1CC[C@H]2[C@H](CNC(=O)c3cccc(C)c3)[C@@H]([C@]3(C)CC[C@H](O)C[C@@H]3CO)CC[C@]12C. The minimum atomic E-state index is -0.306. The van der Waals surface area contributed by atoms with E-state index in [9.17, 15) is 15.0 Å². The van der Waals surface area contributed by atoms with Crippen molar-refractivity contribution in [2.75, 3.05) is 13.2 Å². The molecule has 3 saturated carbocycles. The van der Waals surface area contributed by atoms with E-state index in [1.807, 2.05) is 31.2 Å². The van der Waals surface area contributed by atoms with Crippen molar-refractivity contribution in [3.63, 3.8) is 0 Å². The predicted octanol–water partition coefficient (Wildman–Crippen LogP) is 4.88. The fourth-order valence-corrected chi connectivity index (χ4v) is 7.57. The van der Waals surface area contributed by atoms with Gasteiger partial charge in [-0.3, -0.25) is 4.79 Å². The Morgan fingerprint density at radius 2 is 1.97 bits per heavy atom. The second kappa shape index (κ2) is 8.95. The fraction of sp³-hybridized carbons (Fsp3) is 0.679. The van der Waals surface area contributed by atoms with Crippen LogP contribution in [0.25, 0.3) is 0 Å². The van der Waals surface area contributed by atoms with Gasteiger partial charge in [0.25, 0.3) is 5.91 Å². The normalized spacial score (nSPS) is 39.5. The molecule has 3 fully saturated rings. The van der Waals surface area contributed by atoms with Gasteiger partial charge in [0.15, 0.2) is 0 Å². The Labute approximate surface area is 193 Å². The molecule has 0 aromatic heterocycles. The van der Waals surface area contributed by atoms with Crippen LogP contribution in [-0.2, 0) is 0 Å². The summed E-state index contributed by atoms with van der Waals surface area (Å²) in [7, 11) is 0. The molecule has 0 saturated heterocycles. The zero-order valence-electron chi connectivity index (χ0n) is 20.1. The molecule has 0 aliphatic heterocycles. The van der Waals surface area contributed by atoms with E-state index in [4.69, 9.17) is 0 Å². The molecule has 4 rings (SSSR count). The van der Waals surface area contributed by atoms with Crippen molar-refractivity contribution in [2.24, 2.45) is 34.5 Å². The van der Waals surface area contributed by atoms with Crippen molar-refractivity contribution in [1.29, 1.82) is 0 Å². The summed E-state index contributed by atoms with van der Waals surface area (Å²) in [6.45, 7) is 12.0. The first kappa shape index (κ1) is 23.5. The maximum absolute atomic E-state index is 13.0. The highest BCUT2D eigenvalue weighted by Gasteiger charge is 2.56. The number of aliphatic hydroxyl groups is 2. The lowest BCUT2D eigenvalue weighted by Gasteiger charge is -2.56. The van der Waals surface area contributed by atoms with Crippen LogP contribution in [0.5, 0.6) is 0 Å². The molecule has 0 heterocycles. The number of nitrogens with one attached hydrogen (secondary N) is 1. The van der Waals surface area contributed by atoms with Crippen LogP contribution in [0.2, 0.25) is 0 Å². The van der Waals surface area contributed by atoms with Crippen LogP contribution >= 0.6 is 0 Å². The van der Waals surface area contributed by atoms with Gasteiger partial charge in [-0.25, -0.2) is 0 Å². The van der Waals surface area contributed by atoms with Crippen molar-refractivity contribution in [1.82, 2.24) is 5.32 Å². The summed E-state index contributed by atoms with van der Waals surface area (Å²) in [4.78, 5) is 13.0. The zero-order valence-corrected chi connectivity index (χ0v) is 20.1. The number of hydrogen-bond acceptors (Lipinski definition) is 3. The topological polar surface area (TPSA) is 69.6 Å². The summed E-state index contributed by atoms with van der Waals surface area (Å²) in [5.74, 6) is 1.40. The maximum Gasteiger partial charge on any atom is 0.251 e. The van der Waals surface area contributed by atoms with Gasteiger partial charge in [-0.05, 0) is 98.5 Å². The number of allylic oxidation sites excluding steroid dienone is 1. The number of aryl methyl sites for hydroxylation is 1. The fourth-order valence-electron chi connectivity index (χ4n) is 7.57. The molecule has 1 aromatic rings. The standard InChI is InChI=1S/C28H41NO3/c1-18-6-5-7-20(14-18)26(32)29-16-23-24-9-8-19(2)27(24,3)13-11-25(23)28(4)12-10-22(31)15-21(28)17-30/h5-7,14,21-25,30-31H,2,8-13,15-17H2,1,3-4H3,(H,29,32)/t21-,22+,23+,24+,25+,27-,28-/m1/s1. The molecule has 4 nitrogen and oxygen atoms in total. The average molecular weight is 440 g/mol. The second-order valence-electron chi connectivity index (χ2n) is 11.4. The molecule has 32 heavy (non-hydrogen) atoms. The molecular weight excluding hydrogens is 398 g/mol. The number of aliphatic hydroxyl groups excluding tert-OH is 2. The van der Waals surface area contributed by atoms with Crippen LogP contribution < -0.4 is 5.32 Å². The molecule has 3 aliphatic rings. The third kappa shape index (κ3) is 4.05. The van der Waals surface area contributed by atoms with Gasteiger partial charge in [-0.2, -0.15) is 0 Å². The smallest absolute Gasteiger partial charge is 0.251 e. The number of benzene rings is 1. The molecule has 1 amide bonds. The number of carbonyl (C=O) groups excluding carboxylic acids is 1. The molecule has 4 heteroatoms. The number of hydrogen-bond donors (Lipinski definition) is 3. The van der Waals surface area contributed by atoms with E-state index in [1.54, 1.807) is 0 Å². The van der Waals surface area contributed by atoms with Crippen LogP contribution in [0.1, 0.15) is 74.7 Å². The molecule has 7 atom stereocenters. The van der Waals surface area contributed by atoms with E-state index in [2.05, 4.69) is 25.7 Å². The van der Waals surface area contributed by atoms with Crippen molar-refractivity contribution in [2.45, 2.75) is 71.8 Å². The minimum Gasteiger partial charge on any atom is -0.396 e. The molecule has 3 N–H and O–H groups in total. The average Bonchev–Trinajstić information content (AvgIpc) is 3.08. The van der Waals surface area contributed by atoms with Crippen molar-refractivity contribution < 1.29 is 15.0 Å². The number of fused-ring (bicyclic) bond motifs is 1.